The van der Waals surface area contributed by atoms with Crippen LogP contribution in [0.1, 0.15) is 5.56 Å². The molecule has 0 aliphatic heterocycles. The van der Waals surface area contributed by atoms with E-state index in [2.05, 4.69) is 11.5 Å². The number of hydrogen-bond donors (Lipinski definition) is 1. The normalized spacial score (nSPS) is 10.3. The minimum atomic E-state index is -0.0430. The Bertz CT molecular complexity index is 368. The minimum Gasteiger partial charge on any atom is -0.392 e. The molecule has 1 aromatic carbocycles. The van der Waals surface area contributed by atoms with Gasteiger partial charge in [-0.3, -0.25) is 0 Å². The Kier molecular flexibility index (Phi) is 6.05. The van der Waals surface area contributed by atoms with Crippen molar-refractivity contribution in [3.8, 4) is 0 Å². The van der Waals surface area contributed by atoms with Crippen molar-refractivity contribution >= 4 is 17.3 Å². The van der Waals surface area contributed by atoms with Crippen LogP contribution < -0.4 is 4.90 Å². The number of nitrogens with zero attached hydrogens (tertiary/aromatic N) is 1. The van der Waals surface area contributed by atoms with Gasteiger partial charge in [0.2, 0.25) is 0 Å². The third-order valence-electron chi connectivity index (χ3n) is 2.49. The molecule has 0 aliphatic rings. The smallest absolute Gasteiger partial charge is 0.0696 e. The van der Waals surface area contributed by atoms with E-state index in [9.17, 15) is 0 Å². The summed E-state index contributed by atoms with van der Waals surface area (Å²) in [4.78, 5) is 2.11. The molecule has 4 heteroatoms. The van der Waals surface area contributed by atoms with Gasteiger partial charge >= 0.3 is 0 Å². The molecule has 1 rings (SSSR count). The largest absolute Gasteiger partial charge is 0.392 e. The van der Waals surface area contributed by atoms with Crippen molar-refractivity contribution < 1.29 is 9.84 Å². The number of anilines is 1. The van der Waals surface area contributed by atoms with E-state index < -0.39 is 0 Å². The standard InChI is InChI=1S/C13H18ClNO2/c1-3-6-15(7-8-17-2)12-5-4-11(10-16)13(14)9-12/h3-5,9,16H,1,6-8,10H2,2H3. The Morgan fingerprint density at radius 1 is 1.53 bits per heavy atom. The summed E-state index contributed by atoms with van der Waals surface area (Å²) >= 11 is 6.06. The van der Waals surface area contributed by atoms with Crippen LogP contribution >= 0.6 is 11.6 Å². The van der Waals surface area contributed by atoms with E-state index in [4.69, 9.17) is 21.4 Å². The van der Waals surface area contributed by atoms with Crippen LogP contribution in [-0.2, 0) is 11.3 Å². The Labute approximate surface area is 107 Å². The second-order valence-electron chi connectivity index (χ2n) is 3.66. The lowest BCUT2D eigenvalue weighted by Crippen LogP contribution is -2.27. The molecule has 0 unspecified atom stereocenters. The van der Waals surface area contributed by atoms with E-state index in [0.717, 1.165) is 24.3 Å². The number of ether oxygens (including phenoxy) is 1. The number of methoxy groups -OCH3 is 1. The zero-order valence-corrected chi connectivity index (χ0v) is 10.8. The van der Waals surface area contributed by atoms with Crippen LogP contribution in [0.2, 0.25) is 5.02 Å². The van der Waals surface area contributed by atoms with Crippen molar-refractivity contribution in [1.29, 1.82) is 0 Å². The van der Waals surface area contributed by atoms with Crippen molar-refractivity contribution in [2.45, 2.75) is 6.61 Å². The number of aliphatic hydroxyl groups is 1. The average molecular weight is 256 g/mol. The fourth-order valence-corrected chi connectivity index (χ4v) is 1.78. The van der Waals surface area contributed by atoms with Gasteiger partial charge in [-0.2, -0.15) is 0 Å². The molecule has 0 atom stereocenters. The van der Waals surface area contributed by atoms with Gasteiger partial charge in [-0.15, -0.1) is 6.58 Å². The van der Waals surface area contributed by atoms with Gasteiger partial charge in [0.15, 0.2) is 0 Å². The van der Waals surface area contributed by atoms with E-state index in [1.807, 2.05) is 24.3 Å². The zero-order chi connectivity index (χ0) is 12.7. The number of hydrogen-bond acceptors (Lipinski definition) is 3. The van der Waals surface area contributed by atoms with Crippen molar-refractivity contribution in [3.63, 3.8) is 0 Å². The van der Waals surface area contributed by atoms with E-state index in [1.165, 1.54) is 0 Å². The Morgan fingerprint density at radius 3 is 2.82 bits per heavy atom. The molecule has 1 aromatic rings. The first kappa shape index (κ1) is 14.0. The van der Waals surface area contributed by atoms with E-state index >= 15 is 0 Å². The third kappa shape index (κ3) is 4.04. The first-order chi connectivity index (χ1) is 8.22. The first-order valence-corrected chi connectivity index (χ1v) is 5.84. The second-order valence-corrected chi connectivity index (χ2v) is 4.07. The van der Waals surface area contributed by atoms with Gasteiger partial charge in [0.05, 0.1) is 13.2 Å². The fourth-order valence-electron chi connectivity index (χ4n) is 1.54. The molecule has 0 heterocycles. The minimum absolute atomic E-state index is 0.0430. The van der Waals surface area contributed by atoms with Gasteiger partial charge in [0.25, 0.3) is 0 Å². The van der Waals surface area contributed by atoms with Gasteiger partial charge in [0, 0.05) is 30.9 Å². The van der Waals surface area contributed by atoms with Gasteiger partial charge in [-0.05, 0) is 17.7 Å². The highest BCUT2D eigenvalue weighted by atomic mass is 35.5. The predicted molar refractivity (Wildman–Crippen MR) is 71.7 cm³/mol. The molecule has 0 saturated carbocycles. The molecule has 0 radical (unpaired) electrons. The lowest BCUT2D eigenvalue weighted by Gasteiger charge is -2.23. The summed E-state index contributed by atoms with van der Waals surface area (Å²) in [6, 6.07) is 5.63. The van der Waals surface area contributed by atoms with Crippen LogP contribution in [-0.4, -0.2) is 31.9 Å². The maximum atomic E-state index is 9.06. The molecule has 1 N–H and O–H groups in total. The molecule has 3 nitrogen and oxygen atoms in total. The topological polar surface area (TPSA) is 32.7 Å². The predicted octanol–water partition coefficient (Wildman–Crippen LogP) is 2.47. The Morgan fingerprint density at radius 2 is 2.29 bits per heavy atom. The van der Waals surface area contributed by atoms with Crippen molar-refractivity contribution in [2.75, 3.05) is 31.7 Å². The summed E-state index contributed by atoms with van der Waals surface area (Å²) in [6.07, 6.45) is 1.84. The summed E-state index contributed by atoms with van der Waals surface area (Å²) in [5.41, 5.74) is 1.74. The van der Waals surface area contributed by atoms with Crippen LogP contribution in [0.3, 0.4) is 0 Å². The van der Waals surface area contributed by atoms with E-state index in [-0.39, 0.29) is 6.61 Å². The summed E-state index contributed by atoms with van der Waals surface area (Å²) in [6.45, 7) is 5.85. The van der Waals surface area contributed by atoms with Crippen LogP contribution in [0.15, 0.2) is 30.9 Å². The highest BCUT2D eigenvalue weighted by Gasteiger charge is 2.07. The van der Waals surface area contributed by atoms with E-state index in [0.29, 0.717) is 11.6 Å². The maximum absolute atomic E-state index is 9.06. The van der Waals surface area contributed by atoms with Crippen molar-refractivity contribution in [2.24, 2.45) is 0 Å². The van der Waals surface area contributed by atoms with Crippen LogP contribution in [0, 0.1) is 0 Å². The first-order valence-electron chi connectivity index (χ1n) is 5.47. The maximum Gasteiger partial charge on any atom is 0.0696 e. The number of benzene rings is 1. The van der Waals surface area contributed by atoms with Crippen molar-refractivity contribution in [3.05, 3.63) is 41.4 Å². The molecular weight excluding hydrogens is 238 g/mol. The van der Waals surface area contributed by atoms with Gasteiger partial charge in [-0.25, -0.2) is 0 Å². The van der Waals surface area contributed by atoms with Crippen LogP contribution in [0.5, 0.6) is 0 Å². The average Bonchev–Trinajstić information content (AvgIpc) is 2.34. The molecule has 0 bridgehead atoms. The zero-order valence-electron chi connectivity index (χ0n) is 10.0. The number of aliphatic hydroxyl groups excluding tert-OH is 1. The van der Waals surface area contributed by atoms with Crippen molar-refractivity contribution in [1.82, 2.24) is 0 Å². The molecule has 0 aromatic heterocycles. The summed E-state index contributed by atoms with van der Waals surface area (Å²) in [5, 5.41) is 9.64. The molecule has 0 fully saturated rings. The molecule has 0 amide bonds. The molecular formula is C13H18ClNO2. The fraction of sp³-hybridized carbons (Fsp3) is 0.385. The highest BCUT2D eigenvalue weighted by molar-refractivity contribution is 6.31. The summed E-state index contributed by atoms with van der Waals surface area (Å²) in [7, 11) is 1.67. The molecule has 17 heavy (non-hydrogen) atoms. The lowest BCUT2D eigenvalue weighted by atomic mass is 10.2. The van der Waals surface area contributed by atoms with Crippen LogP contribution in [0.25, 0.3) is 0 Å². The highest BCUT2D eigenvalue weighted by Crippen LogP contribution is 2.23. The van der Waals surface area contributed by atoms with Gasteiger partial charge in [0.1, 0.15) is 0 Å². The van der Waals surface area contributed by atoms with Gasteiger partial charge < -0.3 is 14.7 Å². The Balaban J connectivity index is 2.85. The van der Waals surface area contributed by atoms with Crippen LogP contribution in [0.4, 0.5) is 5.69 Å². The number of rotatable bonds is 7. The SMILES string of the molecule is C=CCN(CCOC)c1ccc(CO)c(Cl)c1. The molecule has 0 spiro atoms. The third-order valence-corrected chi connectivity index (χ3v) is 2.84. The lowest BCUT2D eigenvalue weighted by molar-refractivity contribution is 0.206. The summed E-state index contributed by atoms with van der Waals surface area (Å²) in [5.74, 6) is 0. The second kappa shape index (κ2) is 7.33. The molecule has 94 valence electrons. The van der Waals surface area contributed by atoms with Gasteiger partial charge in [-0.1, -0.05) is 23.7 Å². The number of halogens is 1. The molecule has 0 saturated heterocycles. The quantitative estimate of drug-likeness (QED) is 0.760. The summed E-state index contributed by atoms with van der Waals surface area (Å²) < 4.78 is 5.07. The monoisotopic (exact) mass is 255 g/mol. The van der Waals surface area contributed by atoms with E-state index in [1.54, 1.807) is 7.11 Å². The molecule has 0 aliphatic carbocycles. The Hall–Kier alpha value is -1.03.